The topological polar surface area (TPSA) is 131 Å². The fraction of sp³-hybridized carbons (Fsp3) is 0.333. The number of fused-ring (bicyclic) bond motifs is 1. The highest BCUT2D eigenvalue weighted by atomic mass is 32.1. The predicted octanol–water partition coefficient (Wildman–Crippen LogP) is 5.78. The zero-order chi connectivity index (χ0) is 25.3. The largest absolute Gasteiger partial charge is 0.443 e. The zero-order valence-corrected chi connectivity index (χ0v) is 20.9. The molecule has 3 aromatic heterocycles. The molecule has 0 saturated carbocycles. The van der Waals surface area contributed by atoms with E-state index in [9.17, 15) is 4.79 Å². The third kappa shape index (κ3) is 4.87. The van der Waals surface area contributed by atoms with Crippen molar-refractivity contribution in [2.45, 2.75) is 26.4 Å². The molecule has 4 heterocycles. The van der Waals surface area contributed by atoms with Crippen LogP contribution >= 0.6 is 11.3 Å². The van der Waals surface area contributed by atoms with E-state index in [1.807, 2.05) is 57.2 Å². The first-order chi connectivity index (χ1) is 17.3. The van der Waals surface area contributed by atoms with Crippen LogP contribution in [0.25, 0.3) is 43.2 Å². The Hall–Kier alpha value is -3.99. The minimum absolute atomic E-state index is 0.235. The van der Waals surface area contributed by atoms with Crippen molar-refractivity contribution >= 4 is 39.3 Å². The molecule has 0 N–H and O–H groups in total. The Kier molecular flexibility index (Phi) is 6.31. The molecule has 0 unspecified atom stereocenters. The van der Waals surface area contributed by atoms with Crippen LogP contribution in [0.1, 0.15) is 20.8 Å². The number of morpholine rings is 1. The normalized spacial score (nSPS) is 14.0. The quantitative estimate of drug-likeness (QED) is 0.195. The van der Waals surface area contributed by atoms with Gasteiger partial charge >= 0.3 is 6.09 Å². The Morgan fingerprint density at radius 2 is 2.00 bits per heavy atom. The van der Waals surface area contributed by atoms with E-state index in [0.29, 0.717) is 23.7 Å². The van der Waals surface area contributed by atoms with E-state index in [-0.39, 0.29) is 5.13 Å². The summed E-state index contributed by atoms with van der Waals surface area (Å²) in [6.07, 6.45) is 1.29. The van der Waals surface area contributed by atoms with Crippen molar-refractivity contribution in [1.82, 2.24) is 19.7 Å². The highest BCUT2D eigenvalue weighted by Gasteiger charge is 2.23. The van der Waals surface area contributed by atoms with Gasteiger partial charge in [0.1, 0.15) is 16.4 Å². The van der Waals surface area contributed by atoms with Crippen LogP contribution < -0.4 is 4.90 Å². The predicted molar refractivity (Wildman–Crippen MR) is 138 cm³/mol. The molecule has 0 amide bonds. The second-order valence-corrected chi connectivity index (χ2v) is 10.1. The zero-order valence-electron chi connectivity index (χ0n) is 20.1. The van der Waals surface area contributed by atoms with E-state index in [0.717, 1.165) is 41.1 Å². The van der Waals surface area contributed by atoms with Gasteiger partial charge < -0.3 is 14.4 Å². The summed E-state index contributed by atoms with van der Waals surface area (Å²) in [5.74, 6) is 0.855. The first-order valence-corrected chi connectivity index (χ1v) is 12.2. The van der Waals surface area contributed by atoms with E-state index < -0.39 is 11.7 Å². The summed E-state index contributed by atoms with van der Waals surface area (Å²) < 4.78 is 12.6. The number of hydrogen-bond donors (Lipinski definition) is 0. The minimum atomic E-state index is -0.646. The number of carbonyl (C=O) groups is 1. The van der Waals surface area contributed by atoms with Gasteiger partial charge in [0.15, 0.2) is 0 Å². The maximum Gasteiger partial charge on any atom is 0.419 e. The third-order valence-electron chi connectivity index (χ3n) is 5.53. The van der Waals surface area contributed by atoms with Gasteiger partial charge in [0, 0.05) is 40.7 Å². The SMILES string of the molecule is CC(C)(C)OC(=O)n1cc(-c2cccc(N3CCOCC3)n2)c2cc(-c3nnc(N=[N+]=[N-])s3)ccc21. The molecule has 11 nitrogen and oxygen atoms in total. The van der Waals surface area contributed by atoms with Crippen LogP contribution in [0.5, 0.6) is 0 Å². The number of anilines is 1. The Labute approximate surface area is 210 Å². The molecule has 4 aromatic rings. The molecule has 0 bridgehead atoms. The van der Waals surface area contributed by atoms with E-state index in [1.165, 1.54) is 15.9 Å². The maximum atomic E-state index is 13.1. The molecule has 5 rings (SSSR count). The number of ether oxygens (including phenoxy) is 2. The van der Waals surface area contributed by atoms with Crippen LogP contribution in [0.15, 0.2) is 47.7 Å². The monoisotopic (exact) mass is 504 g/mol. The van der Waals surface area contributed by atoms with E-state index in [4.69, 9.17) is 20.0 Å². The highest BCUT2D eigenvalue weighted by molar-refractivity contribution is 7.18. The van der Waals surface area contributed by atoms with Crippen molar-refractivity contribution in [3.63, 3.8) is 0 Å². The maximum absolute atomic E-state index is 13.1. The van der Waals surface area contributed by atoms with Crippen LogP contribution in [0.4, 0.5) is 15.7 Å². The number of pyridine rings is 1. The average Bonchev–Trinajstić information content (AvgIpc) is 3.48. The molecule has 0 atom stereocenters. The van der Waals surface area contributed by atoms with Gasteiger partial charge in [-0.25, -0.2) is 9.78 Å². The molecule has 0 spiro atoms. The first kappa shape index (κ1) is 23.7. The van der Waals surface area contributed by atoms with Crippen molar-refractivity contribution in [3.05, 3.63) is 53.0 Å². The summed E-state index contributed by atoms with van der Waals surface area (Å²) in [5, 5.41) is 13.3. The number of carbonyl (C=O) groups excluding carboxylic acids is 1. The average molecular weight is 505 g/mol. The lowest BCUT2D eigenvalue weighted by molar-refractivity contribution is 0.0544. The molecule has 0 aliphatic carbocycles. The van der Waals surface area contributed by atoms with Gasteiger partial charge in [-0.1, -0.05) is 17.4 Å². The molecule has 184 valence electrons. The lowest BCUT2D eigenvalue weighted by atomic mass is 10.1. The molecular formula is C24H24N8O3S. The number of azide groups is 1. The fourth-order valence-electron chi connectivity index (χ4n) is 3.98. The number of aromatic nitrogens is 4. The summed E-state index contributed by atoms with van der Waals surface area (Å²) in [6.45, 7) is 8.36. The third-order valence-corrected chi connectivity index (χ3v) is 6.39. The second kappa shape index (κ2) is 9.57. The van der Waals surface area contributed by atoms with Crippen molar-refractivity contribution in [3.8, 4) is 21.8 Å². The molecule has 1 fully saturated rings. The fourth-order valence-corrected chi connectivity index (χ4v) is 4.64. The van der Waals surface area contributed by atoms with Crippen LogP contribution in [0, 0.1) is 0 Å². The standard InChI is InChI=1S/C24H24N8O3S/c1-24(2,3)35-23(33)32-14-17(18-5-4-6-20(26-18)31-9-11-34-12-10-31)16-13-15(7-8-19(16)32)21-27-28-22(36-21)29-30-25/h4-8,13-14H,9-12H2,1-3H3. The number of benzene rings is 1. The summed E-state index contributed by atoms with van der Waals surface area (Å²) in [4.78, 5) is 23.0. The van der Waals surface area contributed by atoms with Gasteiger partial charge in [-0.05, 0) is 61.7 Å². The Morgan fingerprint density at radius 1 is 1.19 bits per heavy atom. The van der Waals surface area contributed by atoms with Crippen molar-refractivity contribution in [2.24, 2.45) is 5.11 Å². The Morgan fingerprint density at radius 3 is 2.75 bits per heavy atom. The van der Waals surface area contributed by atoms with Gasteiger partial charge in [-0.15, -0.1) is 10.2 Å². The Bertz CT molecular complexity index is 1480. The molecule has 1 aromatic carbocycles. The van der Waals surface area contributed by atoms with Gasteiger partial charge in [0.05, 0.1) is 24.4 Å². The van der Waals surface area contributed by atoms with Crippen molar-refractivity contribution in [1.29, 1.82) is 0 Å². The lowest BCUT2D eigenvalue weighted by Gasteiger charge is -2.28. The van der Waals surface area contributed by atoms with Crippen molar-refractivity contribution in [2.75, 3.05) is 31.2 Å². The molecular weight excluding hydrogens is 480 g/mol. The summed E-state index contributed by atoms with van der Waals surface area (Å²) in [6, 6.07) is 11.5. The minimum Gasteiger partial charge on any atom is -0.443 e. The van der Waals surface area contributed by atoms with Gasteiger partial charge in [-0.2, -0.15) is 0 Å². The van der Waals surface area contributed by atoms with Crippen LogP contribution in [-0.2, 0) is 9.47 Å². The molecule has 36 heavy (non-hydrogen) atoms. The number of nitrogens with zero attached hydrogens (tertiary/aromatic N) is 8. The highest BCUT2D eigenvalue weighted by Crippen LogP contribution is 2.36. The molecule has 1 aliphatic rings. The molecule has 1 aliphatic heterocycles. The number of hydrogen-bond acceptors (Lipinski definition) is 9. The summed E-state index contributed by atoms with van der Waals surface area (Å²) in [7, 11) is 0. The van der Waals surface area contributed by atoms with Gasteiger partial charge in [0.25, 0.3) is 0 Å². The van der Waals surface area contributed by atoms with E-state index in [2.05, 4.69) is 25.1 Å². The lowest BCUT2D eigenvalue weighted by Crippen LogP contribution is -2.36. The van der Waals surface area contributed by atoms with Gasteiger partial charge in [-0.3, -0.25) is 4.57 Å². The van der Waals surface area contributed by atoms with Crippen LogP contribution in [0.3, 0.4) is 0 Å². The summed E-state index contributed by atoms with van der Waals surface area (Å²) >= 11 is 1.19. The Balaban J connectivity index is 1.63. The van der Waals surface area contributed by atoms with Crippen LogP contribution in [0.2, 0.25) is 0 Å². The smallest absolute Gasteiger partial charge is 0.419 e. The van der Waals surface area contributed by atoms with Crippen molar-refractivity contribution < 1.29 is 14.3 Å². The van der Waals surface area contributed by atoms with E-state index >= 15 is 0 Å². The molecule has 1 saturated heterocycles. The molecule has 12 heteroatoms. The second-order valence-electron chi connectivity index (χ2n) is 9.18. The summed E-state index contributed by atoms with van der Waals surface area (Å²) in [5.41, 5.74) is 11.0. The van der Waals surface area contributed by atoms with Crippen LogP contribution in [-0.4, -0.2) is 57.7 Å². The number of rotatable bonds is 4. The molecule has 0 radical (unpaired) electrons. The first-order valence-electron chi connectivity index (χ1n) is 11.4. The van der Waals surface area contributed by atoms with E-state index in [1.54, 1.807) is 6.20 Å². The van der Waals surface area contributed by atoms with Gasteiger partial charge in [0.2, 0.25) is 5.13 Å².